The molecular weight excluding hydrogens is 346 g/mol. The van der Waals surface area contributed by atoms with Crippen molar-refractivity contribution in [2.75, 3.05) is 6.61 Å². The van der Waals surface area contributed by atoms with Crippen LogP contribution in [-0.2, 0) is 19.0 Å². The molecule has 27 heavy (non-hydrogen) atoms. The average molecular weight is 373 g/mol. The van der Waals surface area contributed by atoms with Crippen LogP contribution in [0.15, 0.2) is 42.0 Å². The molecule has 1 aromatic carbocycles. The first kappa shape index (κ1) is 19.6. The fourth-order valence-electron chi connectivity index (χ4n) is 3.83. The Morgan fingerprint density at radius 3 is 2.63 bits per heavy atom. The number of carbonyl (C=O) groups is 2. The van der Waals surface area contributed by atoms with Gasteiger partial charge in [-0.2, -0.15) is 0 Å². The number of nitrogens with one attached hydrogen (secondary N) is 1. The number of hydrogen-bond donors (Lipinski definition) is 1. The molecule has 2 aliphatic rings. The van der Waals surface area contributed by atoms with Crippen molar-refractivity contribution < 1.29 is 23.8 Å². The van der Waals surface area contributed by atoms with E-state index in [2.05, 4.69) is 5.32 Å². The summed E-state index contributed by atoms with van der Waals surface area (Å²) in [5.74, 6) is -1.27. The van der Waals surface area contributed by atoms with Gasteiger partial charge >= 0.3 is 5.97 Å². The quantitative estimate of drug-likeness (QED) is 0.635. The smallest absolute Gasteiger partial charge is 0.333 e. The van der Waals surface area contributed by atoms with Crippen molar-refractivity contribution in [2.45, 2.75) is 58.2 Å². The lowest BCUT2D eigenvalue weighted by Crippen LogP contribution is -2.46. The van der Waals surface area contributed by atoms with Crippen LogP contribution in [0.2, 0.25) is 0 Å². The van der Waals surface area contributed by atoms with Crippen molar-refractivity contribution in [3.63, 3.8) is 0 Å². The summed E-state index contributed by atoms with van der Waals surface area (Å²) in [6.07, 6.45) is 2.15. The Bertz CT molecular complexity index is 727. The normalized spacial score (nSPS) is 29.3. The second kappa shape index (κ2) is 7.82. The van der Waals surface area contributed by atoms with Crippen molar-refractivity contribution in [2.24, 2.45) is 5.92 Å². The number of hydrogen-bond acceptors (Lipinski definition) is 5. The van der Waals surface area contributed by atoms with Gasteiger partial charge in [-0.25, -0.2) is 4.79 Å². The van der Waals surface area contributed by atoms with Crippen LogP contribution in [0.3, 0.4) is 0 Å². The Labute approximate surface area is 159 Å². The molecule has 1 amide bonds. The molecule has 0 bridgehead atoms. The van der Waals surface area contributed by atoms with Crippen LogP contribution in [0.4, 0.5) is 0 Å². The zero-order valence-corrected chi connectivity index (χ0v) is 16.2. The summed E-state index contributed by atoms with van der Waals surface area (Å²) in [6, 6.07) is 8.78. The van der Waals surface area contributed by atoms with Crippen LogP contribution in [0, 0.1) is 5.92 Å². The highest BCUT2D eigenvalue weighted by Crippen LogP contribution is 2.42. The van der Waals surface area contributed by atoms with Crippen LogP contribution >= 0.6 is 0 Å². The average Bonchev–Trinajstić information content (AvgIpc) is 3.08. The summed E-state index contributed by atoms with van der Waals surface area (Å²) < 4.78 is 17.1. The maximum Gasteiger partial charge on any atom is 0.333 e. The Morgan fingerprint density at radius 1 is 1.26 bits per heavy atom. The van der Waals surface area contributed by atoms with Crippen molar-refractivity contribution in [3.8, 4) is 0 Å². The van der Waals surface area contributed by atoms with Gasteiger partial charge in [-0.1, -0.05) is 24.3 Å². The van der Waals surface area contributed by atoms with Crippen LogP contribution in [0.25, 0.3) is 0 Å². The second-order valence-electron chi connectivity index (χ2n) is 7.47. The highest BCUT2D eigenvalue weighted by atomic mass is 16.8. The Morgan fingerprint density at radius 2 is 1.96 bits per heavy atom. The Kier molecular flexibility index (Phi) is 5.67. The zero-order valence-electron chi connectivity index (χ0n) is 16.2. The van der Waals surface area contributed by atoms with E-state index in [9.17, 15) is 9.59 Å². The summed E-state index contributed by atoms with van der Waals surface area (Å²) in [5, 5.41) is 3.09. The van der Waals surface area contributed by atoms with Crippen LogP contribution in [-0.4, -0.2) is 42.5 Å². The molecule has 1 saturated heterocycles. The molecule has 2 fully saturated rings. The Hall–Kier alpha value is -2.18. The van der Waals surface area contributed by atoms with E-state index in [0.29, 0.717) is 24.2 Å². The van der Waals surface area contributed by atoms with Gasteiger partial charge in [-0.05, 0) is 46.2 Å². The first-order chi connectivity index (χ1) is 12.8. The number of esters is 1. The molecule has 1 aromatic rings. The van der Waals surface area contributed by atoms with Crippen LogP contribution in [0.1, 0.15) is 44.5 Å². The van der Waals surface area contributed by atoms with Crippen molar-refractivity contribution in [1.82, 2.24) is 5.32 Å². The molecule has 0 spiro atoms. The van der Waals surface area contributed by atoms with E-state index in [4.69, 9.17) is 14.2 Å². The number of fused-ring (bicyclic) bond motifs is 1. The van der Waals surface area contributed by atoms with Gasteiger partial charge in [-0.15, -0.1) is 0 Å². The van der Waals surface area contributed by atoms with Gasteiger partial charge in [0.1, 0.15) is 6.10 Å². The lowest BCUT2D eigenvalue weighted by molar-refractivity contribution is -0.155. The number of amides is 1. The second-order valence-corrected chi connectivity index (χ2v) is 7.47. The third kappa shape index (κ3) is 4.39. The largest absolute Gasteiger partial charge is 0.463 e. The van der Waals surface area contributed by atoms with Gasteiger partial charge in [0.05, 0.1) is 18.8 Å². The van der Waals surface area contributed by atoms with Crippen LogP contribution < -0.4 is 5.32 Å². The van der Waals surface area contributed by atoms with E-state index in [-0.39, 0.29) is 36.0 Å². The van der Waals surface area contributed by atoms with E-state index < -0.39 is 5.79 Å². The first-order valence-corrected chi connectivity index (χ1v) is 9.38. The highest BCUT2D eigenvalue weighted by molar-refractivity contribution is 5.94. The maximum atomic E-state index is 12.7. The molecule has 1 N–H and O–H groups in total. The number of rotatable bonds is 5. The van der Waals surface area contributed by atoms with E-state index in [1.165, 1.54) is 0 Å². The molecule has 3 rings (SSSR count). The van der Waals surface area contributed by atoms with Gasteiger partial charge in [-0.3, -0.25) is 4.79 Å². The van der Waals surface area contributed by atoms with Gasteiger partial charge in [0, 0.05) is 17.1 Å². The lowest BCUT2D eigenvalue weighted by atomic mass is 9.99. The Balaban J connectivity index is 1.81. The number of benzene rings is 1. The molecule has 6 nitrogen and oxygen atoms in total. The SMILES string of the molecule is CCOC(=O)/C(C)=C/[C@@H]1C[C@H]2OC(C)(C)O[C@H]2[C@@H]1NC(=O)c1ccccc1. The number of ether oxygens (including phenoxy) is 3. The third-order valence-electron chi connectivity index (χ3n) is 4.94. The molecule has 0 radical (unpaired) electrons. The van der Waals surface area contributed by atoms with Crippen LogP contribution in [0.5, 0.6) is 0 Å². The highest BCUT2D eigenvalue weighted by Gasteiger charge is 2.53. The van der Waals surface area contributed by atoms with Crippen molar-refractivity contribution >= 4 is 11.9 Å². The fraction of sp³-hybridized carbons (Fsp3) is 0.524. The van der Waals surface area contributed by atoms with E-state index in [1.807, 2.05) is 38.1 Å². The molecule has 146 valence electrons. The third-order valence-corrected chi connectivity index (χ3v) is 4.94. The van der Waals surface area contributed by atoms with Crippen molar-refractivity contribution in [3.05, 3.63) is 47.5 Å². The predicted octanol–water partition coefficient (Wildman–Crippen LogP) is 2.83. The molecule has 1 aliphatic heterocycles. The summed E-state index contributed by atoms with van der Waals surface area (Å²) in [5.41, 5.74) is 1.11. The predicted molar refractivity (Wildman–Crippen MR) is 100 cm³/mol. The monoisotopic (exact) mass is 373 g/mol. The summed E-state index contributed by atoms with van der Waals surface area (Å²) in [7, 11) is 0. The van der Waals surface area contributed by atoms with Gasteiger partial charge < -0.3 is 19.5 Å². The van der Waals surface area contributed by atoms with Crippen molar-refractivity contribution in [1.29, 1.82) is 0 Å². The molecule has 1 saturated carbocycles. The first-order valence-electron chi connectivity index (χ1n) is 9.38. The van der Waals surface area contributed by atoms with Gasteiger partial charge in [0.25, 0.3) is 5.91 Å². The maximum absolute atomic E-state index is 12.7. The summed E-state index contributed by atoms with van der Waals surface area (Å²) in [4.78, 5) is 24.7. The molecule has 1 aliphatic carbocycles. The summed E-state index contributed by atoms with van der Waals surface area (Å²) >= 11 is 0. The fourth-order valence-corrected chi connectivity index (χ4v) is 3.83. The minimum atomic E-state index is -0.685. The molecule has 1 heterocycles. The molecular formula is C21H27NO5. The van der Waals surface area contributed by atoms with Gasteiger partial charge in [0.15, 0.2) is 5.79 Å². The topological polar surface area (TPSA) is 73.9 Å². The molecule has 4 atom stereocenters. The van der Waals surface area contributed by atoms with Gasteiger partial charge in [0.2, 0.25) is 0 Å². The summed E-state index contributed by atoms with van der Waals surface area (Å²) in [6.45, 7) is 7.58. The van der Waals surface area contributed by atoms with E-state index in [1.54, 1.807) is 26.0 Å². The van der Waals surface area contributed by atoms with E-state index in [0.717, 1.165) is 0 Å². The lowest BCUT2D eigenvalue weighted by Gasteiger charge is -2.26. The minimum absolute atomic E-state index is 0.0758. The minimum Gasteiger partial charge on any atom is -0.463 e. The standard InChI is InChI=1S/C21H27NO5/c1-5-25-20(24)13(2)11-15-12-16-18(27-21(3,4)26-16)17(15)22-19(23)14-9-7-6-8-10-14/h6-11,15-18H,5,12H2,1-4H3,(H,22,23)/b13-11+/t15-,16-,17-,18-/m1/s1. The molecule has 6 heteroatoms. The van der Waals surface area contributed by atoms with E-state index >= 15 is 0 Å². The molecule has 0 unspecified atom stereocenters. The number of carbonyl (C=O) groups excluding carboxylic acids is 2. The zero-order chi connectivity index (χ0) is 19.6. The molecule has 0 aromatic heterocycles.